The van der Waals surface area contributed by atoms with E-state index in [0.717, 1.165) is 0 Å². The van der Waals surface area contributed by atoms with Crippen molar-refractivity contribution >= 4 is 27.5 Å². The van der Waals surface area contributed by atoms with Crippen LogP contribution in [0.15, 0.2) is 22.7 Å². The first-order valence-corrected chi connectivity index (χ1v) is 6.48. The van der Waals surface area contributed by atoms with Crippen molar-refractivity contribution in [1.82, 2.24) is 0 Å². The van der Waals surface area contributed by atoms with E-state index in [0.29, 0.717) is 15.7 Å². The van der Waals surface area contributed by atoms with Crippen LogP contribution in [-0.4, -0.2) is 11.9 Å². The number of anilines is 1. The molecule has 0 spiro atoms. The van der Waals surface area contributed by atoms with Crippen LogP contribution in [0, 0.1) is 17.2 Å². The third-order valence-electron chi connectivity index (χ3n) is 2.65. The lowest BCUT2D eigenvalue weighted by molar-refractivity contribution is -0.116. The maximum absolute atomic E-state index is 11.8. The summed E-state index contributed by atoms with van der Waals surface area (Å²) in [6.45, 7) is 3.96. The fraction of sp³-hybridized carbons (Fsp3) is 0.385. The molecule has 0 aliphatic carbocycles. The normalized spacial score (nSPS) is 12.0. The van der Waals surface area contributed by atoms with E-state index in [2.05, 4.69) is 21.2 Å². The number of carbonyl (C=O) groups excluding carboxylic acids is 1. The van der Waals surface area contributed by atoms with Crippen LogP contribution in [-0.2, 0) is 4.79 Å². The summed E-state index contributed by atoms with van der Waals surface area (Å²) >= 11 is 3.31. The maximum atomic E-state index is 11.8. The van der Waals surface area contributed by atoms with E-state index in [4.69, 9.17) is 11.0 Å². The molecule has 0 heterocycles. The monoisotopic (exact) mass is 309 g/mol. The van der Waals surface area contributed by atoms with E-state index in [1.54, 1.807) is 18.2 Å². The lowest BCUT2D eigenvalue weighted by Crippen LogP contribution is -2.31. The zero-order valence-electron chi connectivity index (χ0n) is 10.4. The first-order valence-electron chi connectivity index (χ1n) is 5.69. The lowest BCUT2D eigenvalue weighted by atomic mass is 10.0. The van der Waals surface area contributed by atoms with Crippen molar-refractivity contribution < 1.29 is 4.79 Å². The Hall–Kier alpha value is -1.38. The second-order valence-corrected chi connectivity index (χ2v) is 5.32. The molecule has 3 N–H and O–H groups in total. The second-order valence-electron chi connectivity index (χ2n) is 4.47. The summed E-state index contributed by atoms with van der Waals surface area (Å²) in [5.41, 5.74) is 7.03. The molecule has 0 saturated carbocycles. The molecule has 1 aromatic carbocycles. The number of nitriles is 1. The topological polar surface area (TPSA) is 78.9 Å². The Morgan fingerprint density at radius 3 is 2.72 bits per heavy atom. The minimum absolute atomic E-state index is 0.124. The Labute approximate surface area is 115 Å². The summed E-state index contributed by atoms with van der Waals surface area (Å²) in [5.74, 6) is 0.141. The molecule has 4 nitrogen and oxygen atoms in total. The highest BCUT2D eigenvalue weighted by Crippen LogP contribution is 2.23. The molecule has 1 rings (SSSR count). The van der Waals surface area contributed by atoms with Crippen molar-refractivity contribution in [3.8, 4) is 6.07 Å². The highest BCUT2D eigenvalue weighted by atomic mass is 79.9. The Morgan fingerprint density at radius 1 is 1.56 bits per heavy atom. The highest BCUT2D eigenvalue weighted by molar-refractivity contribution is 9.10. The van der Waals surface area contributed by atoms with Gasteiger partial charge in [0.15, 0.2) is 0 Å². The first kappa shape index (κ1) is 14.7. The number of hydrogen-bond donors (Lipinski definition) is 2. The van der Waals surface area contributed by atoms with Gasteiger partial charge in [-0.15, -0.1) is 0 Å². The smallest absolute Gasteiger partial charge is 0.225 e. The minimum atomic E-state index is -0.151. The molecule has 0 radical (unpaired) electrons. The second kappa shape index (κ2) is 6.53. The van der Waals surface area contributed by atoms with Gasteiger partial charge in [-0.3, -0.25) is 4.79 Å². The molecule has 0 aromatic heterocycles. The van der Waals surface area contributed by atoms with Crippen LogP contribution in [0.5, 0.6) is 0 Å². The molecule has 18 heavy (non-hydrogen) atoms. The van der Waals surface area contributed by atoms with Gasteiger partial charge in [-0.2, -0.15) is 5.26 Å². The lowest BCUT2D eigenvalue weighted by Gasteiger charge is -2.15. The van der Waals surface area contributed by atoms with E-state index in [1.807, 2.05) is 19.9 Å². The number of rotatable bonds is 4. The average molecular weight is 310 g/mol. The van der Waals surface area contributed by atoms with E-state index in [1.165, 1.54) is 0 Å². The van der Waals surface area contributed by atoms with Crippen molar-refractivity contribution in [2.45, 2.75) is 26.3 Å². The molecule has 1 aromatic rings. The van der Waals surface area contributed by atoms with Crippen LogP contribution in [0.2, 0.25) is 0 Å². The van der Waals surface area contributed by atoms with Crippen LogP contribution in [0.25, 0.3) is 0 Å². The summed E-state index contributed by atoms with van der Waals surface area (Å²) in [6.07, 6.45) is 0.282. The third-order valence-corrected chi connectivity index (χ3v) is 3.31. The molecule has 96 valence electrons. The summed E-state index contributed by atoms with van der Waals surface area (Å²) < 4.78 is 0.688. The quantitative estimate of drug-likeness (QED) is 0.897. The van der Waals surface area contributed by atoms with Gasteiger partial charge in [-0.05, 0) is 40.0 Å². The number of benzene rings is 1. The summed E-state index contributed by atoms with van der Waals surface area (Å²) in [7, 11) is 0. The Balaban J connectivity index is 2.68. The van der Waals surface area contributed by atoms with Crippen LogP contribution in [0.1, 0.15) is 25.8 Å². The molecule has 5 heteroatoms. The van der Waals surface area contributed by atoms with Crippen LogP contribution in [0.4, 0.5) is 5.69 Å². The van der Waals surface area contributed by atoms with Crippen molar-refractivity contribution in [2.24, 2.45) is 11.7 Å². The molecule has 1 amide bonds. The number of amides is 1. The maximum Gasteiger partial charge on any atom is 0.225 e. The number of carbonyl (C=O) groups is 1. The molecule has 0 saturated heterocycles. The standard InChI is InChI=1S/C13H16BrN3O/c1-8(2)11(16)6-13(18)17-12-4-3-9(7-15)5-10(12)14/h3-5,8,11H,6,16H2,1-2H3,(H,17,18). The molecular weight excluding hydrogens is 294 g/mol. The zero-order chi connectivity index (χ0) is 13.7. The van der Waals surface area contributed by atoms with E-state index in [9.17, 15) is 4.79 Å². The molecule has 0 aliphatic rings. The van der Waals surface area contributed by atoms with Gasteiger partial charge >= 0.3 is 0 Å². The SMILES string of the molecule is CC(C)C(N)CC(=O)Nc1ccc(C#N)cc1Br. The van der Waals surface area contributed by atoms with Gasteiger partial charge in [-0.1, -0.05) is 13.8 Å². The number of nitrogens with zero attached hydrogens (tertiary/aromatic N) is 1. The van der Waals surface area contributed by atoms with E-state index >= 15 is 0 Å². The van der Waals surface area contributed by atoms with Gasteiger partial charge in [0.2, 0.25) is 5.91 Å². The van der Waals surface area contributed by atoms with Gasteiger partial charge in [0.25, 0.3) is 0 Å². The van der Waals surface area contributed by atoms with Crippen molar-refractivity contribution in [3.63, 3.8) is 0 Å². The Bertz CT molecular complexity index is 480. The summed E-state index contributed by atoms with van der Waals surface area (Å²) in [6, 6.07) is 6.90. The van der Waals surface area contributed by atoms with E-state index < -0.39 is 0 Å². The number of hydrogen-bond acceptors (Lipinski definition) is 3. The van der Waals surface area contributed by atoms with Crippen LogP contribution in [0.3, 0.4) is 0 Å². The van der Waals surface area contributed by atoms with Gasteiger partial charge in [0.05, 0.1) is 17.3 Å². The number of halogens is 1. The predicted octanol–water partition coefficient (Wildman–Crippen LogP) is 2.63. The molecule has 1 unspecified atom stereocenters. The fourth-order valence-electron chi connectivity index (χ4n) is 1.34. The Morgan fingerprint density at radius 2 is 2.22 bits per heavy atom. The molecule has 0 aliphatic heterocycles. The average Bonchev–Trinajstić information content (AvgIpc) is 2.31. The summed E-state index contributed by atoms with van der Waals surface area (Å²) in [4.78, 5) is 11.8. The van der Waals surface area contributed by atoms with Crippen molar-refractivity contribution in [3.05, 3.63) is 28.2 Å². The third kappa shape index (κ3) is 4.13. The minimum Gasteiger partial charge on any atom is -0.327 e. The van der Waals surface area contributed by atoms with Gasteiger partial charge in [0.1, 0.15) is 0 Å². The number of nitrogens with one attached hydrogen (secondary N) is 1. The largest absolute Gasteiger partial charge is 0.327 e. The fourth-order valence-corrected chi connectivity index (χ4v) is 1.81. The van der Waals surface area contributed by atoms with Gasteiger partial charge in [-0.25, -0.2) is 0 Å². The highest BCUT2D eigenvalue weighted by Gasteiger charge is 2.13. The van der Waals surface area contributed by atoms with Crippen LogP contribution < -0.4 is 11.1 Å². The van der Waals surface area contributed by atoms with Crippen molar-refractivity contribution in [1.29, 1.82) is 5.26 Å². The van der Waals surface area contributed by atoms with E-state index in [-0.39, 0.29) is 24.3 Å². The van der Waals surface area contributed by atoms with Crippen molar-refractivity contribution in [2.75, 3.05) is 5.32 Å². The summed E-state index contributed by atoms with van der Waals surface area (Å²) in [5, 5.41) is 11.5. The molecule has 0 bridgehead atoms. The zero-order valence-corrected chi connectivity index (χ0v) is 12.0. The Kier molecular flexibility index (Phi) is 5.32. The molecule has 1 atom stereocenters. The molecular formula is C13H16BrN3O. The predicted molar refractivity (Wildman–Crippen MR) is 74.9 cm³/mol. The van der Waals surface area contributed by atoms with Gasteiger partial charge in [0, 0.05) is 16.9 Å². The van der Waals surface area contributed by atoms with Gasteiger partial charge < -0.3 is 11.1 Å². The molecule has 0 fully saturated rings. The number of nitrogens with two attached hydrogens (primary N) is 1. The van der Waals surface area contributed by atoms with Crippen LogP contribution >= 0.6 is 15.9 Å². The first-order chi connectivity index (χ1) is 8.43.